The van der Waals surface area contributed by atoms with Crippen molar-refractivity contribution < 1.29 is 9.68 Å². The number of hydrogen-bond acceptors (Lipinski definition) is 6. The average Bonchev–Trinajstić information content (AvgIpc) is 3.47. The van der Waals surface area contributed by atoms with Crippen LogP contribution in [0.2, 0.25) is 0 Å². The van der Waals surface area contributed by atoms with Gasteiger partial charge in [0.2, 0.25) is 0 Å². The summed E-state index contributed by atoms with van der Waals surface area (Å²) < 4.78 is 2.10. The molecule has 0 atom stereocenters. The maximum atomic E-state index is 5.96. The Hall–Kier alpha value is -4.00. The Balaban J connectivity index is 1.48. The van der Waals surface area contributed by atoms with Crippen molar-refractivity contribution in [1.29, 1.82) is 0 Å². The summed E-state index contributed by atoms with van der Waals surface area (Å²) in [6, 6.07) is 14.6. The Morgan fingerprint density at radius 2 is 1.82 bits per heavy atom. The number of nitrogens with zero attached hydrogens (tertiary/aromatic N) is 5. The summed E-state index contributed by atoms with van der Waals surface area (Å²) in [6.45, 7) is 11.1. The van der Waals surface area contributed by atoms with Crippen LogP contribution >= 0.6 is 0 Å². The zero-order valence-electron chi connectivity index (χ0n) is 24.6. The van der Waals surface area contributed by atoms with Crippen LogP contribution in [0.4, 0.5) is 0 Å². The summed E-state index contributed by atoms with van der Waals surface area (Å²) in [5.41, 5.74) is 8.51. The molecule has 0 amide bonds. The van der Waals surface area contributed by atoms with Gasteiger partial charge in [0, 0.05) is 41.8 Å². The fourth-order valence-corrected chi connectivity index (χ4v) is 4.61. The van der Waals surface area contributed by atoms with Crippen molar-refractivity contribution in [3.05, 3.63) is 95.1 Å². The van der Waals surface area contributed by atoms with E-state index < -0.39 is 0 Å². The fourth-order valence-electron chi connectivity index (χ4n) is 4.61. The second kappa shape index (κ2) is 13.4. The zero-order valence-corrected chi connectivity index (χ0v) is 24.6. The third-order valence-corrected chi connectivity index (χ3v) is 6.84. The third-order valence-electron chi connectivity index (χ3n) is 6.84. The number of fused-ring (bicyclic) bond motifs is 1. The minimum absolute atomic E-state index is 0.312. The summed E-state index contributed by atoms with van der Waals surface area (Å²) in [5, 5.41) is 9.09. The van der Waals surface area contributed by atoms with Crippen molar-refractivity contribution in [2.75, 3.05) is 20.3 Å². The van der Waals surface area contributed by atoms with Gasteiger partial charge >= 0.3 is 0 Å². The second-order valence-corrected chi connectivity index (χ2v) is 11.0. The molecule has 2 aromatic heterocycles. The van der Waals surface area contributed by atoms with Crippen LogP contribution in [-0.2, 0) is 16.1 Å². The van der Waals surface area contributed by atoms with Gasteiger partial charge in [0.25, 0.3) is 0 Å². The Bertz CT molecular complexity index is 1410. The molecule has 0 radical (unpaired) electrons. The predicted octanol–water partition coefficient (Wildman–Crippen LogP) is 7.03. The van der Waals surface area contributed by atoms with Gasteiger partial charge in [-0.25, -0.2) is 0 Å². The Morgan fingerprint density at radius 3 is 2.55 bits per heavy atom. The van der Waals surface area contributed by atoms with Crippen molar-refractivity contribution in [2.45, 2.75) is 60.3 Å². The first kappa shape index (κ1) is 29.0. The highest BCUT2D eigenvalue weighted by Crippen LogP contribution is 2.23. The Kier molecular flexibility index (Phi) is 9.70. The van der Waals surface area contributed by atoms with Crippen LogP contribution in [0.1, 0.15) is 68.1 Å². The average molecular weight is 540 g/mol. The van der Waals surface area contributed by atoms with Crippen molar-refractivity contribution in [1.82, 2.24) is 9.55 Å². The molecule has 0 saturated heterocycles. The Morgan fingerprint density at radius 1 is 1.05 bits per heavy atom. The van der Waals surface area contributed by atoms with E-state index in [1.54, 1.807) is 7.05 Å². The molecule has 7 heteroatoms. The second-order valence-electron chi connectivity index (χ2n) is 11.0. The zero-order chi connectivity index (χ0) is 28.5. The highest BCUT2D eigenvalue weighted by atomic mass is 16.6. The fraction of sp³-hybridized carbons (Fsp3) is 0.394. The van der Waals surface area contributed by atoms with Gasteiger partial charge in [-0.05, 0) is 87.1 Å². The largest absolute Gasteiger partial charge is 0.395 e. The number of pyridine rings is 1. The minimum atomic E-state index is -0.312. The number of allylic oxidation sites excluding steroid dienone is 2. The van der Waals surface area contributed by atoms with Crippen LogP contribution in [0.15, 0.2) is 82.3 Å². The number of benzene rings is 1. The topological polar surface area (TPSA) is 73.4 Å². The van der Waals surface area contributed by atoms with E-state index in [0.29, 0.717) is 18.9 Å². The molecule has 0 fully saturated rings. The molecule has 3 aromatic rings. The molecule has 1 aliphatic rings. The molecule has 0 N–H and O–H groups in total. The number of aromatic nitrogens is 2. The van der Waals surface area contributed by atoms with E-state index in [4.69, 9.17) is 14.7 Å². The van der Waals surface area contributed by atoms with Gasteiger partial charge in [0.15, 0.2) is 0 Å². The summed E-state index contributed by atoms with van der Waals surface area (Å²) in [7, 11) is 1.78. The number of rotatable bonds is 11. The van der Waals surface area contributed by atoms with E-state index in [-0.39, 0.29) is 5.41 Å². The van der Waals surface area contributed by atoms with Gasteiger partial charge in [-0.3, -0.25) is 9.98 Å². The summed E-state index contributed by atoms with van der Waals surface area (Å²) >= 11 is 0. The van der Waals surface area contributed by atoms with E-state index in [0.717, 1.165) is 65.3 Å². The van der Waals surface area contributed by atoms with Crippen LogP contribution in [-0.4, -0.2) is 46.9 Å². The number of hydrogen-bond donors (Lipinski definition) is 0. The number of aliphatic imine (C=N–C) groups is 1. The Labute approximate surface area is 238 Å². The highest BCUT2D eigenvalue weighted by molar-refractivity contribution is 6.51. The van der Waals surface area contributed by atoms with E-state index in [2.05, 4.69) is 84.0 Å². The lowest BCUT2D eigenvalue weighted by Gasteiger charge is -2.22. The lowest BCUT2D eigenvalue weighted by atomic mass is 9.94. The molecule has 0 unspecified atom stereocenters. The van der Waals surface area contributed by atoms with Crippen molar-refractivity contribution in [3.8, 4) is 5.69 Å². The molecule has 0 spiro atoms. The van der Waals surface area contributed by atoms with Crippen LogP contribution < -0.4 is 0 Å². The summed E-state index contributed by atoms with van der Waals surface area (Å²) in [4.78, 5) is 21.0. The predicted molar refractivity (Wildman–Crippen MR) is 164 cm³/mol. The first-order valence-corrected chi connectivity index (χ1v) is 14.0. The van der Waals surface area contributed by atoms with E-state index in [9.17, 15) is 0 Å². The molecule has 0 saturated carbocycles. The first-order chi connectivity index (χ1) is 19.3. The summed E-state index contributed by atoms with van der Waals surface area (Å²) in [6.07, 6.45) is 12.0. The first-order valence-electron chi connectivity index (χ1n) is 14.0. The molecule has 40 heavy (non-hydrogen) atoms. The molecule has 0 bridgehead atoms. The van der Waals surface area contributed by atoms with Crippen molar-refractivity contribution >= 4 is 17.1 Å². The van der Waals surface area contributed by atoms with Crippen LogP contribution in [0.3, 0.4) is 0 Å². The third kappa shape index (κ3) is 7.34. The minimum Gasteiger partial charge on any atom is -0.395 e. The van der Waals surface area contributed by atoms with Crippen LogP contribution in [0.25, 0.3) is 5.69 Å². The van der Waals surface area contributed by atoms with Gasteiger partial charge in [0.1, 0.15) is 24.6 Å². The number of oxime groups is 2. The molecular formula is C33H41N5O2. The lowest BCUT2D eigenvalue weighted by Crippen LogP contribution is -2.25. The molecule has 7 nitrogen and oxygen atoms in total. The molecule has 1 aromatic carbocycles. The standard InChI is InChI=1S/C33H41N5O2/c1-7-8-13-28(34-6)32(27-17-18-30(24(2)21-27)38-19-9-10-20-38)37-40-23-33(4,5)22-39-36-29-14-11-12-26-16-15-25(3)35-31(26)29/h8-10,13,15-21H,7,11-12,14,22-23H2,1-6H3/b13-8-,34-28?,36-29+,37-32+. The van der Waals surface area contributed by atoms with Gasteiger partial charge in [-0.1, -0.05) is 49.3 Å². The lowest BCUT2D eigenvalue weighted by molar-refractivity contribution is 0.0000677. The number of aryl methyl sites for hydroxylation is 3. The van der Waals surface area contributed by atoms with Gasteiger partial charge in [-0.15, -0.1) is 0 Å². The molecule has 0 aliphatic heterocycles. The van der Waals surface area contributed by atoms with Gasteiger partial charge < -0.3 is 14.2 Å². The molecule has 1 aliphatic carbocycles. The SMILES string of the molecule is CC/C=C\C(=NC)/C(=N/OCC(C)(C)CO/N=C1\CCCc2ccc(C)nc21)c1ccc(-n2cccc2)c(C)c1. The normalized spacial score (nSPS) is 15.5. The molecular weight excluding hydrogens is 498 g/mol. The van der Waals surface area contributed by atoms with Gasteiger partial charge in [0.05, 0.1) is 11.4 Å². The molecule has 210 valence electrons. The van der Waals surface area contributed by atoms with Crippen LogP contribution in [0, 0.1) is 19.3 Å². The maximum absolute atomic E-state index is 5.96. The molecule has 4 rings (SSSR count). The highest BCUT2D eigenvalue weighted by Gasteiger charge is 2.23. The van der Waals surface area contributed by atoms with Gasteiger partial charge in [-0.2, -0.15) is 0 Å². The quantitative estimate of drug-likeness (QED) is 0.194. The van der Waals surface area contributed by atoms with Crippen molar-refractivity contribution in [2.24, 2.45) is 20.7 Å². The van der Waals surface area contributed by atoms with E-state index in [1.807, 2.05) is 37.5 Å². The van der Waals surface area contributed by atoms with Crippen LogP contribution in [0.5, 0.6) is 0 Å². The van der Waals surface area contributed by atoms with Crippen molar-refractivity contribution in [3.63, 3.8) is 0 Å². The smallest absolute Gasteiger partial charge is 0.135 e. The van der Waals surface area contributed by atoms with E-state index >= 15 is 0 Å². The maximum Gasteiger partial charge on any atom is 0.135 e. The monoisotopic (exact) mass is 539 g/mol. The molecule has 2 heterocycles. The summed E-state index contributed by atoms with van der Waals surface area (Å²) in [5.74, 6) is 0. The van der Waals surface area contributed by atoms with E-state index in [1.165, 1.54) is 5.56 Å².